The number of aromatic amines is 1. The van der Waals surface area contributed by atoms with Crippen LogP contribution in [0, 0.1) is 0 Å². The summed E-state index contributed by atoms with van der Waals surface area (Å²) in [6, 6.07) is 7.68. The van der Waals surface area contributed by atoms with Gasteiger partial charge in [-0.1, -0.05) is 25.3 Å². The van der Waals surface area contributed by atoms with Crippen LogP contribution in [0.4, 0.5) is 5.69 Å². The Hall–Kier alpha value is -1.75. The van der Waals surface area contributed by atoms with Gasteiger partial charge in [0, 0.05) is 23.4 Å². The van der Waals surface area contributed by atoms with Crippen LogP contribution < -0.4 is 4.90 Å². The molecule has 1 unspecified atom stereocenters. The summed E-state index contributed by atoms with van der Waals surface area (Å²) in [5.74, 6) is -0.120. The van der Waals surface area contributed by atoms with E-state index in [1.165, 1.54) is 37.0 Å². The summed E-state index contributed by atoms with van der Waals surface area (Å²) in [5.41, 5.74) is 1.63. The van der Waals surface area contributed by atoms with Crippen molar-refractivity contribution in [2.75, 3.05) is 4.90 Å². The van der Waals surface area contributed by atoms with Gasteiger partial charge in [0.1, 0.15) is 0 Å². The van der Waals surface area contributed by atoms with Crippen LogP contribution in [0.1, 0.15) is 38.5 Å². The molecule has 2 amide bonds. The SMILES string of the molecule is O=C1CC(SC2CCCCC2)C(=O)N1c1ccc2cc[nH]c2c1. The first-order chi connectivity index (χ1) is 11.2. The third-order valence-electron chi connectivity index (χ3n) is 4.81. The Morgan fingerprint density at radius 3 is 2.74 bits per heavy atom. The van der Waals surface area contributed by atoms with Crippen LogP contribution in [-0.2, 0) is 9.59 Å². The molecule has 2 heterocycles. The third kappa shape index (κ3) is 2.78. The van der Waals surface area contributed by atoms with Crippen LogP contribution in [-0.4, -0.2) is 27.3 Å². The maximum atomic E-state index is 12.7. The molecule has 5 heteroatoms. The molecule has 0 bridgehead atoms. The number of hydrogen-bond acceptors (Lipinski definition) is 3. The van der Waals surface area contributed by atoms with Crippen LogP contribution in [0.5, 0.6) is 0 Å². The summed E-state index contributed by atoms with van der Waals surface area (Å²) in [6.07, 6.45) is 8.36. The quantitative estimate of drug-likeness (QED) is 0.870. The van der Waals surface area contributed by atoms with Gasteiger partial charge in [0.05, 0.1) is 10.9 Å². The molecule has 0 spiro atoms. The number of fused-ring (bicyclic) bond motifs is 1. The topological polar surface area (TPSA) is 53.2 Å². The molecular formula is C18H20N2O2S. The molecule has 2 aromatic rings. The highest BCUT2D eigenvalue weighted by molar-refractivity contribution is 8.01. The number of hydrogen-bond donors (Lipinski definition) is 1. The van der Waals surface area contributed by atoms with E-state index in [2.05, 4.69) is 4.98 Å². The maximum Gasteiger partial charge on any atom is 0.247 e. The predicted molar refractivity (Wildman–Crippen MR) is 93.7 cm³/mol. The smallest absolute Gasteiger partial charge is 0.247 e. The highest BCUT2D eigenvalue weighted by Crippen LogP contribution is 2.37. The van der Waals surface area contributed by atoms with Gasteiger partial charge in [-0.15, -0.1) is 11.8 Å². The third-order valence-corrected chi connectivity index (χ3v) is 6.36. The normalized spacial score (nSPS) is 23.1. The lowest BCUT2D eigenvalue weighted by Crippen LogP contribution is -2.31. The molecule has 1 aliphatic carbocycles. The van der Waals surface area contributed by atoms with E-state index in [0.29, 0.717) is 17.4 Å². The minimum absolute atomic E-state index is 0.0449. The highest BCUT2D eigenvalue weighted by atomic mass is 32.2. The molecule has 4 nitrogen and oxygen atoms in total. The largest absolute Gasteiger partial charge is 0.361 e. The van der Waals surface area contributed by atoms with Crippen molar-refractivity contribution in [2.45, 2.75) is 49.0 Å². The van der Waals surface area contributed by atoms with Crippen LogP contribution >= 0.6 is 11.8 Å². The first-order valence-corrected chi connectivity index (χ1v) is 9.26. The number of carbonyl (C=O) groups excluding carboxylic acids is 2. The molecule has 23 heavy (non-hydrogen) atoms. The number of imide groups is 1. The zero-order valence-corrected chi connectivity index (χ0v) is 13.8. The van der Waals surface area contributed by atoms with Crippen molar-refractivity contribution < 1.29 is 9.59 Å². The Kier molecular flexibility index (Phi) is 3.89. The van der Waals surface area contributed by atoms with E-state index in [9.17, 15) is 9.59 Å². The number of rotatable bonds is 3. The number of H-pyrrole nitrogens is 1. The summed E-state index contributed by atoms with van der Waals surface area (Å²) in [6.45, 7) is 0. The lowest BCUT2D eigenvalue weighted by molar-refractivity contribution is -0.121. The first-order valence-electron chi connectivity index (χ1n) is 8.32. The average molecular weight is 328 g/mol. The fourth-order valence-electron chi connectivity index (χ4n) is 3.59. The van der Waals surface area contributed by atoms with Crippen molar-refractivity contribution >= 4 is 40.2 Å². The second kappa shape index (κ2) is 6.04. The van der Waals surface area contributed by atoms with Crippen molar-refractivity contribution in [3.63, 3.8) is 0 Å². The van der Waals surface area contributed by atoms with Gasteiger partial charge in [-0.2, -0.15) is 0 Å². The molecule has 120 valence electrons. The highest BCUT2D eigenvalue weighted by Gasteiger charge is 2.41. The second-order valence-corrected chi connectivity index (χ2v) is 7.91. The van der Waals surface area contributed by atoms with Crippen LogP contribution in [0.15, 0.2) is 30.5 Å². The molecule has 1 saturated heterocycles. The van der Waals surface area contributed by atoms with Gasteiger partial charge in [0.2, 0.25) is 11.8 Å². The molecule has 2 aliphatic rings. The molecule has 1 aromatic heterocycles. The zero-order chi connectivity index (χ0) is 15.8. The Morgan fingerprint density at radius 1 is 1.09 bits per heavy atom. The predicted octanol–water partition coefficient (Wildman–Crippen LogP) is 3.87. The van der Waals surface area contributed by atoms with Crippen molar-refractivity contribution in [2.24, 2.45) is 0 Å². The number of anilines is 1. The Morgan fingerprint density at radius 2 is 1.91 bits per heavy atom. The monoisotopic (exact) mass is 328 g/mol. The molecule has 1 saturated carbocycles. The van der Waals surface area contributed by atoms with Gasteiger partial charge in [-0.05, 0) is 36.4 Å². The minimum atomic E-state index is -0.204. The number of amides is 2. The average Bonchev–Trinajstić information content (AvgIpc) is 3.13. The number of benzene rings is 1. The van der Waals surface area contributed by atoms with Gasteiger partial charge >= 0.3 is 0 Å². The van der Waals surface area contributed by atoms with Gasteiger partial charge in [0.25, 0.3) is 0 Å². The zero-order valence-electron chi connectivity index (χ0n) is 13.0. The van der Waals surface area contributed by atoms with Gasteiger partial charge in [-0.25, -0.2) is 4.90 Å². The number of carbonyl (C=O) groups is 2. The van der Waals surface area contributed by atoms with Crippen molar-refractivity contribution in [1.82, 2.24) is 4.98 Å². The minimum Gasteiger partial charge on any atom is -0.361 e. The summed E-state index contributed by atoms with van der Waals surface area (Å²) in [7, 11) is 0. The fourth-order valence-corrected chi connectivity index (χ4v) is 5.12. The Bertz CT molecular complexity index is 748. The molecular weight excluding hydrogens is 308 g/mol. The lowest BCUT2D eigenvalue weighted by Gasteiger charge is -2.23. The van der Waals surface area contributed by atoms with Crippen molar-refractivity contribution in [3.8, 4) is 0 Å². The second-order valence-electron chi connectivity index (χ2n) is 6.41. The molecule has 1 aliphatic heterocycles. The molecule has 4 rings (SSSR count). The van der Waals surface area contributed by atoms with Crippen molar-refractivity contribution in [1.29, 1.82) is 0 Å². The van der Waals surface area contributed by atoms with Crippen LogP contribution in [0.3, 0.4) is 0 Å². The van der Waals surface area contributed by atoms with E-state index in [0.717, 1.165) is 10.9 Å². The molecule has 0 radical (unpaired) electrons. The standard InChI is InChI=1S/C18H20N2O2S/c21-17-11-16(23-14-4-2-1-3-5-14)18(22)20(17)13-7-6-12-8-9-19-15(12)10-13/h6-10,14,16,19H,1-5,11H2. The number of nitrogens with zero attached hydrogens (tertiary/aromatic N) is 1. The molecule has 1 atom stereocenters. The van der Waals surface area contributed by atoms with Gasteiger partial charge in [0.15, 0.2) is 0 Å². The maximum absolute atomic E-state index is 12.7. The lowest BCUT2D eigenvalue weighted by atomic mass is 10.0. The fraction of sp³-hybridized carbons (Fsp3) is 0.444. The van der Waals surface area contributed by atoms with E-state index < -0.39 is 0 Å². The first kappa shape index (κ1) is 14.8. The van der Waals surface area contributed by atoms with E-state index in [1.807, 2.05) is 30.5 Å². The van der Waals surface area contributed by atoms with Crippen molar-refractivity contribution in [3.05, 3.63) is 30.5 Å². The van der Waals surface area contributed by atoms with Gasteiger partial charge in [-0.3, -0.25) is 9.59 Å². The Balaban J connectivity index is 1.54. The molecule has 1 N–H and O–H groups in total. The van der Waals surface area contributed by atoms with E-state index in [4.69, 9.17) is 0 Å². The van der Waals surface area contributed by atoms with E-state index in [-0.39, 0.29) is 17.1 Å². The van der Waals surface area contributed by atoms with Crippen LogP contribution in [0.25, 0.3) is 10.9 Å². The summed E-state index contributed by atoms with van der Waals surface area (Å²) in [5, 5.41) is 1.42. The van der Waals surface area contributed by atoms with Gasteiger partial charge < -0.3 is 4.98 Å². The summed E-state index contributed by atoms with van der Waals surface area (Å²) < 4.78 is 0. The summed E-state index contributed by atoms with van der Waals surface area (Å²) in [4.78, 5) is 29.6. The molecule has 1 aromatic carbocycles. The Labute approximate surface area is 139 Å². The van der Waals surface area contributed by atoms with E-state index in [1.54, 1.807) is 11.8 Å². The number of nitrogens with one attached hydrogen (secondary N) is 1. The summed E-state index contributed by atoms with van der Waals surface area (Å²) >= 11 is 1.72. The number of thioether (sulfide) groups is 1. The number of aromatic nitrogens is 1. The van der Waals surface area contributed by atoms with E-state index >= 15 is 0 Å². The van der Waals surface area contributed by atoms with Crippen LogP contribution in [0.2, 0.25) is 0 Å². The molecule has 2 fully saturated rings.